The van der Waals surface area contributed by atoms with Gasteiger partial charge in [0.15, 0.2) is 0 Å². The van der Waals surface area contributed by atoms with Crippen molar-refractivity contribution in [1.29, 1.82) is 0 Å². The van der Waals surface area contributed by atoms with Gasteiger partial charge in [0.2, 0.25) is 0 Å². The van der Waals surface area contributed by atoms with E-state index < -0.39 is 6.10 Å². The average Bonchev–Trinajstić information content (AvgIpc) is 2.92. The molecule has 226 valence electrons. The summed E-state index contributed by atoms with van der Waals surface area (Å²) in [5.74, 6) is -0.208. The first-order chi connectivity index (χ1) is 18.7. The summed E-state index contributed by atoms with van der Waals surface area (Å²) in [5.41, 5.74) is 0. The Bertz CT molecular complexity index is 491. The molecule has 0 aromatic heterocycles. The molecule has 4 heteroatoms. The van der Waals surface area contributed by atoms with Gasteiger partial charge in [-0.25, -0.2) is 0 Å². The van der Waals surface area contributed by atoms with E-state index in [4.69, 9.17) is 9.47 Å². The van der Waals surface area contributed by atoms with Crippen LogP contribution in [0.3, 0.4) is 0 Å². The molecule has 0 aliphatic carbocycles. The van der Waals surface area contributed by atoms with Crippen LogP contribution >= 0.6 is 0 Å². The van der Waals surface area contributed by atoms with E-state index in [1.54, 1.807) is 0 Å². The maximum atomic E-state index is 12.0. The van der Waals surface area contributed by atoms with Crippen LogP contribution in [0.2, 0.25) is 0 Å². The third kappa shape index (κ3) is 29.7. The first kappa shape index (κ1) is 37.1. The van der Waals surface area contributed by atoms with Crippen LogP contribution in [-0.4, -0.2) is 37.0 Å². The molecule has 0 aromatic rings. The number of allylic oxidation sites excluding steroid dienone is 2. The second-order valence-electron chi connectivity index (χ2n) is 11.2. The topological polar surface area (TPSA) is 55.8 Å². The Kier molecular flexibility index (Phi) is 31.6. The van der Waals surface area contributed by atoms with Crippen LogP contribution < -0.4 is 0 Å². The highest BCUT2D eigenvalue weighted by molar-refractivity contribution is 5.69. The third-order valence-electron chi connectivity index (χ3n) is 7.34. The lowest BCUT2D eigenvalue weighted by Crippen LogP contribution is -2.27. The number of hydrogen-bond donors (Lipinski definition) is 1. The van der Waals surface area contributed by atoms with Gasteiger partial charge in [-0.15, -0.1) is 0 Å². The minimum Gasteiger partial charge on any atom is -0.457 e. The average molecular weight is 539 g/mol. The number of rotatable bonds is 31. The van der Waals surface area contributed by atoms with E-state index in [1.165, 1.54) is 135 Å². The second kappa shape index (κ2) is 32.3. The summed E-state index contributed by atoms with van der Waals surface area (Å²) in [4.78, 5) is 12.0. The summed E-state index contributed by atoms with van der Waals surface area (Å²) in [6, 6.07) is 0. The number of unbranched alkanes of at least 4 members (excludes halogenated alkanes) is 21. The summed E-state index contributed by atoms with van der Waals surface area (Å²) in [7, 11) is 0. The van der Waals surface area contributed by atoms with E-state index >= 15 is 0 Å². The van der Waals surface area contributed by atoms with Crippen LogP contribution in [0.1, 0.15) is 174 Å². The van der Waals surface area contributed by atoms with Crippen LogP contribution in [0.4, 0.5) is 0 Å². The molecule has 0 spiro atoms. The van der Waals surface area contributed by atoms with Crippen LogP contribution in [0.15, 0.2) is 12.2 Å². The van der Waals surface area contributed by atoms with E-state index in [0.29, 0.717) is 19.6 Å². The molecular formula is C34H66O4. The fraction of sp³-hybridized carbons (Fsp3) is 0.912. The lowest BCUT2D eigenvalue weighted by Gasteiger charge is -2.15. The molecule has 4 nitrogen and oxygen atoms in total. The fourth-order valence-corrected chi connectivity index (χ4v) is 4.79. The van der Waals surface area contributed by atoms with Crippen molar-refractivity contribution < 1.29 is 19.4 Å². The summed E-state index contributed by atoms with van der Waals surface area (Å²) < 4.78 is 11.0. The highest BCUT2D eigenvalue weighted by atomic mass is 16.6. The monoisotopic (exact) mass is 538 g/mol. The molecule has 1 unspecified atom stereocenters. The molecule has 38 heavy (non-hydrogen) atoms. The minimum absolute atomic E-state index is 0.169. The lowest BCUT2D eigenvalue weighted by molar-refractivity contribution is -0.154. The van der Waals surface area contributed by atoms with Crippen molar-refractivity contribution in [3.8, 4) is 0 Å². The Labute approximate surface area is 237 Å². The number of aliphatic hydroxyl groups is 1. The summed E-state index contributed by atoms with van der Waals surface area (Å²) in [6.07, 6.45) is 35.4. The molecule has 0 rings (SSSR count). The molecule has 0 aromatic carbocycles. The maximum Gasteiger partial charge on any atom is 0.306 e. The van der Waals surface area contributed by atoms with Crippen LogP contribution in [-0.2, 0) is 14.3 Å². The first-order valence-corrected chi connectivity index (χ1v) is 16.8. The molecule has 0 aliphatic heterocycles. The zero-order valence-corrected chi connectivity index (χ0v) is 25.7. The van der Waals surface area contributed by atoms with Gasteiger partial charge in [-0.05, 0) is 38.5 Å². The van der Waals surface area contributed by atoms with Gasteiger partial charge in [0.25, 0.3) is 0 Å². The van der Waals surface area contributed by atoms with Gasteiger partial charge in [0, 0.05) is 13.0 Å². The number of hydrogen-bond acceptors (Lipinski definition) is 4. The van der Waals surface area contributed by atoms with E-state index in [9.17, 15) is 9.90 Å². The molecule has 1 atom stereocenters. The van der Waals surface area contributed by atoms with E-state index in [-0.39, 0.29) is 12.6 Å². The molecule has 0 bridgehead atoms. The van der Waals surface area contributed by atoms with Crippen molar-refractivity contribution in [1.82, 2.24) is 0 Å². The number of carbonyl (C=O) groups excluding carboxylic acids is 1. The Morgan fingerprint density at radius 2 is 1.03 bits per heavy atom. The van der Waals surface area contributed by atoms with E-state index in [2.05, 4.69) is 26.0 Å². The number of carbonyl (C=O) groups is 1. The normalized spacial score (nSPS) is 12.4. The Morgan fingerprint density at radius 3 is 1.50 bits per heavy atom. The van der Waals surface area contributed by atoms with Crippen LogP contribution in [0.5, 0.6) is 0 Å². The molecular weight excluding hydrogens is 472 g/mol. The van der Waals surface area contributed by atoms with Crippen LogP contribution in [0.25, 0.3) is 0 Å². The van der Waals surface area contributed by atoms with E-state index in [0.717, 1.165) is 19.3 Å². The molecule has 0 fully saturated rings. The van der Waals surface area contributed by atoms with Crippen LogP contribution in [0, 0.1) is 0 Å². The molecule has 1 N–H and O–H groups in total. The Balaban J connectivity index is 3.37. The molecule has 0 heterocycles. The van der Waals surface area contributed by atoms with Gasteiger partial charge in [-0.1, -0.05) is 142 Å². The largest absolute Gasteiger partial charge is 0.457 e. The molecule has 0 saturated heterocycles. The van der Waals surface area contributed by atoms with Gasteiger partial charge >= 0.3 is 5.97 Å². The molecule has 0 amide bonds. The zero-order valence-electron chi connectivity index (χ0n) is 25.7. The predicted molar refractivity (Wildman–Crippen MR) is 164 cm³/mol. The number of aliphatic hydroxyl groups excluding tert-OH is 1. The van der Waals surface area contributed by atoms with Gasteiger partial charge in [-0.3, -0.25) is 4.79 Å². The number of ether oxygens (including phenoxy) is 2. The minimum atomic E-state index is -0.526. The standard InChI is InChI=1S/C34H66O4/c1-3-5-7-9-11-12-13-14-15-16-17-18-19-20-21-22-24-26-28-30-37-32-33(31-35)38-34(36)29-27-25-23-10-8-6-4-2/h15-16,33,35H,3-14,17-32H2,1-2H3/b16-15-. The zero-order chi connectivity index (χ0) is 27.8. The van der Waals surface area contributed by atoms with Gasteiger partial charge < -0.3 is 14.6 Å². The molecule has 0 aliphatic rings. The number of esters is 1. The molecule has 0 radical (unpaired) electrons. The van der Waals surface area contributed by atoms with Crippen molar-refractivity contribution in [3.05, 3.63) is 12.2 Å². The summed E-state index contributed by atoms with van der Waals surface area (Å²) >= 11 is 0. The van der Waals surface area contributed by atoms with Gasteiger partial charge in [0.1, 0.15) is 6.10 Å². The quantitative estimate of drug-likeness (QED) is 0.0542. The SMILES string of the molecule is CCCCCCCCC/C=C\CCCCCCCCCCOCC(CO)OC(=O)CCCCCCCCC. The smallest absolute Gasteiger partial charge is 0.306 e. The summed E-state index contributed by atoms with van der Waals surface area (Å²) in [5, 5.41) is 9.47. The highest BCUT2D eigenvalue weighted by Crippen LogP contribution is 2.12. The van der Waals surface area contributed by atoms with Crippen molar-refractivity contribution in [2.75, 3.05) is 19.8 Å². The van der Waals surface area contributed by atoms with Crippen molar-refractivity contribution >= 4 is 5.97 Å². The van der Waals surface area contributed by atoms with Gasteiger partial charge in [-0.2, -0.15) is 0 Å². The van der Waals surface area contributed by atoms with E-state index in [1.807, 2.05) is 0 Å². The molecule has 0 saturated carbocycles. The predicted octanol–water partition coefficient (Wildman–Crippen LogP) is 10.3. The Hall–Kier alpha value is -0.870. The van der Waals surface area contributed by atoms with Crippen molar-refractivity contribution in [2.24, 2.45) is 0 Å². The Morgan fingerprint density at radius 1 is 0.605 bits per heavy atom. The fourth-order valence-electron chi connectivity index (χ4n) is 4.79. The second-order valence-corrected chi connectivity index (χ2v) is 11.2. The van der Waals surface area contributed by atoms with Crippen molar-refractivity contribution in [3.63, 3.8) is 0 Å². The van der Waals surface area contributed by atoms with Crippen molar-refractivity contribution in [2.45, 2.75) is 180 Å². The lowest BCUT2D eigenvalue weighted by atomic mass is 10.1. The summed E-state index contributed by atoms with van der Waals surface area (Å²) in [6.45, 7) is 5.31. The maximum absolute atomic E-state index is 12.0. The third-order valence-corrected chi connectivity index (χ3v) is 7.34. The first-order valence-electron chi connectivity index (χ1n) is 16.8. The highest BCUT2D eigenvalue weighted by Gasteiger charge is 2.13. The van der Waals surface area contributed by atoms with Gasteiger partial charge in [0.05, 0.1) is 13.2 Å².